The van der Waals surface area contributed by atoms with Crippen LogP contribution >= 0.6 is 23.2 Å². The molecule has 0 saturated carbocycles. The molecule has 0 N–H and O–H groups in total. The van der Waals surface area contributed by atoms with E-state index in [-0.39, 0.29) is 0 Å². The van der Waals surface area contributed by atoms with E-state index in [4.69, 9.17) is 23.2 Å². The van der Waals surface area contributed by atoms with Gasteiger partial charge in [-0.05, 0) is 30.3 Å². The maximum absolute atomic E-state index is 13.8. The van der Waals surface area contributed by atoms with E-state index in [0.29, 0.717) is 36.2 Å². The number of amides is 1. The number of anilines is 1. The van der Waals surface area contributed by atoms with Crippen molar-refractivity contribution in [2.24, 2.45) is 0 Å². The van der Waals surface area contributed by atoms with E-state index >= 15 is 0 Å². The smallest absolute Gasteiger partial charge is 0.257 e. The monoisotopic (exact) mass is 388 g/mol. The number of nitrogens with zero attached hydrogens (tertiary/aromatic N) is 2. The lowest BCUT2D eigenvalue weighted by molar-refractivity contribution is 0.0740. The van der Waals surface area contributed by atoms with Gasteiger partial charge in [-0.25, -0.2) is 13.2 Å². The van der Waals surface area contributed by atoms with Crippen LogP contribution in [-0.2, 0) is 0 Å². The molecule has 8 heteroatoms. The van der Waals surface area contributed by atoms with Crippen LogP contribution in [0.1, 0.15) is 10.4 Å². The molecule has 1 heterocycles. The molecule has 0 unspecified atom stereocenters. The highest BCUT2D eigenvalue weighted by molar-refractivity contribution is 6.42. The second-order valence-electron chi connectivity index (χ2n) is 5.60. The first kappa shape index (κ1) is 17.9. The van der Waals surface area contributed by atoms with Gasteiger partial charge >= 0.3 is 0 Å². The van der Waals surface area contributed by atoms with Crippen molar-refractivity contribution in [2.45, 2.75) is 0 Å². The summed E-state index contributed by atoms with van der Waals surface area (Å²) in [6.07, 6.45) is 0. The predicted octanol–water partition coefficient (Wildman–Crippen LogP) is 4.37. The summed E-state index contributed by atoms with van der Waals surface area (Å²) in [5, 5.41) is 0.884. The van der Waals surface area contributed by atoms with Gasteiger partial charge in [0.25, 0.3) is 5.91 Å². The molecule has 132 valence electrons. The van der Waals surface area contributed by atoms with E-state index in [2.05, 4.69) is 0 Å². The standard InChI is InChI=1S/C17H13Cl2F3N2O/c18-12-3-1-10(9-13(12)19)23-5-7-24(8-6-23)17(25)11-2-4-14(20)16(22)15(11)21/h1-4,9H,5-8H2. The van der Waals surface area contributed by atoms with Crippen molar-refractivity contribution < 1.29 is 18.0 Å². The van der Waals surface area contributed by atoms with Crippen LogP contribution in [-0.4, -0.2) is 37.0 Å². The first-order chi connectivity index (χ1) is 11.9. The second kappa shape index (κ2) is 7.14. The first-order valence-corrected chi connectivity index (χ1v) is 8.27. The zero-order valence-corrected chi connectivity index (χ0v) is 14.4. The molecule has 3 rings (SSSR count). The van der Waals surface area contributed by atoms with Crippen LogP contribution < -0.4 is 4.90 Å². The zero-order valence-electron chi connectivity index (χ0n) is 12.9. The minimum absolute atomic E-state index is 0.317. The van der Waals surface area contributed by atoms with Gasteiger partial charge in [0, 0.05) is 31.9 Å². The van der Waals surface area contributed by atoms with Gasteiger partial charge in [-0.15, -0.1) is 0 Å². The summed E-state index contributed by atoms with van der Waals surface area (Å²) in [5.41, 5.74) is 0.391. The molecular formula is C17H13Cl2F3N2O. The number of halogens is 5. The SMILES string of the molecule is O=C(c1ccc(F)c(F)c1F)N1CCN(c2ccc(Cl)c(Cl)c2)CC1. The van der Waals surface area contributed by atoms with E-state index in [1.54, 1.807) is 12.1 Å². The van der Waals surface area contributed by atoms with Gasteiger partial charge in [0.05, 0.1) is 15.6 Å². The normalized spacial score (nSPS) is 14.8. The second-order valence-corrected chi connectivity index (χ2v) is 6.41. The van der Waals surface area contributed by atoms with E-state index in [1.807, 2.05) is 11.0 Å². The number of rotatable bonds is 2. The third-order valence-electron chi connectivity index (χ3n) is 4.10. The van der Waals surface area contributed by atoms with Gasteiger partial charge in [0.1, 0.15) is 0 Å². The Labute approximate surface area is 152 Å². The molecule has 1 aliphatic rings. The Hall–Kier alpha value is -1.92. The molecule has 3 nitrogen and oxygen atoms in total. The van der Waals surface area contributed by atoms with Crippen molar-refractivity contribution in [2.75, 3.05) is 31.1 Å². The average Bonchev–Trinajstić information content (AvgIpc) is 2.62. The molecule has 0 bridgehead atoms. The van der Waals surface area contributed by atoms with E-state index < -0.39 is 28.9 Å². The summed E-state index contributed by atoms with van der Waals surface area (Å²) < 4.78 is 40.1. The Bertz CT molecular complexity index is 824. The third kappa shape index (κ3) is 3.55. The molecule has 2 aromatic rings. The highest BCUT2D eigenvalue weighted by Gasteiger charge is 2.26. The summed E-state index contributed by atoms with van der Waals surface area (Å²) in [7, 11) is 0. The van der Waals surface area contributed by atoms with Gasteiger partial charge in [0.15, 0.2) is 17.5 Å². The number of benzene rings is 2. The maximum atomic E-state index is 13.8. The zero-order chi connectivity index (χ0) is 18.1. The van der Waals surface area contributed by atoms with Crippen molar-refractivity contribution in [1.82, 2.24) is 4.90 Å². The fourth-order valence-corrected chi connectivity index (χ4v) is 3.00. The number of carbonyl (C=O) groups is 1. The minimum atomic E-state index is -1.64. The van der Waals surface area contributed by atoms with Crippen LogP contribution in [0.3, 0.4) is 0 Å². The lowest BCUT2D eigenvalue weighted by Crippen LogP contribution is -2.49. The fourth-order valence-electron chi connectivity index (χ4n) is 2.71. The highest BCUT2D eigenvalue weighted by Crippen LogP contribution is 2.28. The summed E-state index contributed by atoms with van der Waals surface area (Å²) in [6.45, 7) is 1.62. The minimum Gasteiger partial charge on any atom is -0.368 e. The molecule has 1 amide bonds. The predicted molar refractivity (Wildman–Crippen MR) is 90.9 cm³/mol. The Morgan fingerprint density at radius 2 is 1.56 bits per heavy atom. The van der Waals surface area contributed by atoms with Crippen LogP contribution in [0.25, 0.3) is 0 Å². The molecular weight excluding hydrogens is 376 g/mol. The number of hydrogen-bond donors (Lipinski definition) is 0. The topological polar surface area (TPSA) is 23.6 Å². The largest absolute Gasteiger partial charge is 0.368 e. The van der Waals surface area contributed by atoms with Crippen LogP contribution in [0.5, 0.6) is 0 Å². The van der Waals surface area contributed by atoms with Gasteiger partial charge in [0.2, 0.25) is 0 Å². The molecule has 1 fully saturated rings. The van der Waals surface area contributed by atoms with E-state index in [0.717, 1.165) is 17.8 Å². The van der Waals surface area contributed by atoms with Gasteiger partial charge < -0.3 is 9.80 Å². The summed E-state index contributed by atoms with van der Waals surface area (Å²) in [6, 6.07) is 6.95. The quantitative estimate of drug-likeness (QED) is 0.713. The molecule has 1 aliphatic heterocycles. The maximum Gasteiger partial charge on any atom is 0.257 e. The highest BCUT2D eigenvalue weighted by atomic mass is 35.5. The molecule has 0 spiro atoms. The van der Waals surface area contributed by atoms with Crippen molar-refractivity contribution in [1.29, 1.82) is 0 Å². The van der Waals surface area contributed by atoms with Crippen molar-refractivity contribution in [3.63, 3.8) is 0 Å². The Balaban J connectivity index is 1.71. The number of piperazine rings is 1. The average molecular weight is 389 g/mol. The van der Waals surface area contributed by atoms with Crippen LogP contribution in [0.2, 0.25) is 10.0 Å². The number of hydrogen-bond acceptors (Lipinski definition) is 2. The summed E-state index contributed by atoms with van der Waals surface area (Å²) >= 11 is 11.9. The Morgan fingerprint density at radius 1 is 0.880 bits per heavy atom. The Kier molecular flexibility index (Phi) is 5.11. The van der Waals surface area contributed by atoms with Crippen molar-refractivity contribution >= 4 is 34.8 Å². The molecule has 0 atom stereocenters. The molecule has 0 aromatic heterocycles. The van der Waals surface area contributed by atoms with Gasteiger partial charge in [-0.2, -0.15) is 0 Å². The van der Waals surface area contributed by atoms with Gasteiger partial charge in [-0.1, -0.05) is 23.2 Å². The lowest BCUT2D eigenvalue weighted by Gasteiger charge is -2.36. The van der Waals surface area contributed by atoms with Crippen LogP contribution in [0, 0.1) is 17.5 Å². The van der Waals surface area contributed by atoms with Crippen LogP contribution in [0.15, 0.2) is 30.3 Å². The summed E-state index contributed by atoms with van der Waals surface area (Å²) in [5.74, 6) is -5.08. The summed E-state index contributed by atoms with van der Waals surface area (Å²) in [4.78, 5) is 15.8. The number of carbonyl (C=O) groups excluding carboxylic acids is 1. The van der Waals surface area contributed by atoms with Gasteiger partial charge in [-0.3, -0.25) is 4.79 Å². The molecule has 0 radical (unpaired) electrons. The molecule has 2 aromatic carbocycles. The van der Waals surface area contributed by atoms with E-state index in [1.165, 1.54) is 4.90 Å². The first-order valence-electron chi connectivity index (χ1n) is 7.51. The molecule has 0 aliphatic carbocycles. The lowest BCUT2D eigenvalue weighted by atomic mass is 10.1. The molecule has 1 saturated heterocycles. The van der Waals surface area contributed by atoms with Crippen molar-refractivity contribution in [3.8, 4) is 0 Å². The van der Waals surface area contributed by atoms with Crippen LogP contribution in [0.4, 0.5) is 18.9 Å². The molecule has 25 heavy (non-hydrogen) atoms. The Morgan fingerprint density at radius 3 is 2.20 bits per heavy atom. The van der Waals surface area contributed by atoms with Crippen molar-refractivity contribution in [3.05, 3.63) is 63.4 Å². The fraction of sp³-hybridized carbons (Fsp3) is 0.235. The third-order valence-corrected chi connectivity index (χ3v) is 4.84. The van der Waals surface area contributed by atoms with E-state index in [9.17, 15) is 18.0 Å².